The van der Waals surface area contributed by atoms with Gasteiger partial charge in [-0.05, 0) is 70.3 Å². The van der Waals surface area contributed by atoms with Crippen LogP contribution in [0.5, 0.6) is 0 Å². The third kappa shape index (κ3) is 31.6. The number of hydrogen-bond donors (Lipinski definition) is 4. The molecular formula is C40H66N2O7. The van der Waals surface area contributed by atoms with Crippen LogP contribution >= 0.6 is 0 Å². The molecule has 0 heterocycles. The molecule has 9 heteroatoms. The molecule has 0 aromatic heterocycles. The molecule has 0 fully saturated rings. The van der Waals surface area contributed by atoms with Crippen molar-refractivity contribution in [2.45, 2.75) is 154 Å². The van der Waals surface area contributed by atoms with Crippen LogP contribution in [0.2, 0.25) is 0 Å². The smallest absolute Gasteiger partial charge is 0.328 e. The van der Waals surface area contributed by atoms with Crippen molar-refractivity contribution < 1.29 is 34.1 Å². The maximum absolute atomic E-state index is 12.6. The second-order valence-electron chi connectivity index (χ2n) is 12.3. The number of esters is 1. The molecule has 0 saturated heterocycles. The molecule has 0 aliphatic rings. The van der Waals surface area contributed by atoms with Gasteiger partial charge in [-0.1, -0.05) is 120 Å². The summed E-state index contributed by atoms with van der Waals surface area (Å²) in [4.78, 5) is 47.3. The number of aliphatic hydroxyl groups is 1. The summed E-state index contributed by atoms with van der Waals surface area (Å²) in [7, 11) is 0. The Kier molecular flexibility index (Phi) is 32.0. The first-order valence-electron chi connectivity index (χ1n) is 18.7. The number of carbonyl (C=O) groups excluding carboxylic acids is 3. The Labute approximate surface area is 296 Å². The van der Waals surface area contributed by atoms with Gasteiger partial charge in [0.15, 0.2) is 0 Å². The normalized spacial score (nSPS) is 13.2. The van der Waals surface area contributed by atoms with Gasteiger partial charge < -0.3 is 25.6 Å². The maximum atomic E-state index is 12.6. The monoisotopic (exact) mass is 686 g/mol. The molecule has 4 N–H and O–H groups in total. The number of carboxylic acid groups (broad SMARTS) is 1. The van der Waals surface area contributed by atoms with E-state index < -0.39 is 24.5 Å². The van der Waals surface area contributed by atoms with Crippen LogP contribution in [0.4, 0.5) is 0 Å². The molecule has 49 heavy (non-hydrogen) atoms. The van der Waals surface area contributed by atoms with E-state index in [2.05, 4.69) is 73.1 Å². The quantitative estimate of drug-likeness (QED) is 0.0318. The number of carboxylic acids is 1. The van der Waals surface area contributed by atoms with E-state index in [9.17, 15) is 19.2 Å². The molecule has 0 bridgehead atoms. The molecule has 2 atom stereocenters. The summed E-state index contributed by atoms with van der Waals surface area (Å²) in [5, 5.41) is 22.5. The fraction of sp³-hybridized carbons (Fsp3) is 0.650. The van der Waals surface area contributed by atoms with Crippen molar-refractivity contribution in [3.8, 4) is 0 Å². The molecule has 0 aromatic rings. The molecule has 278 valence electrons. The van der Waals surface area contributed by atoms with E-state index in [-0.39, 0.29) is 30.9 Å². The largest absolute Gasteiger partial charge is 0.480 e. The number of ether oxygens (including phenoxy) is 1. The minimum absolute atomic E-state index is 0.192. The Bertz CT molecular complexity index is 1020. The lowest BCUT2D eigenvalue weighted by molar-refractivity contribution is -0.147. The molecule has 2 unspecified atom stereocenters. The summed E-state index contributed by atoms with van der Waals surface area (Å²) in [6.45, 7) is 3.29. The minimum Gasteiger partial charge on any atom is -0.480 e. The minimum atomic E-state index is -1.40. The summed E-state index contributed by atoms with van der Waals surface area (Å²) in [5.41, 5.74) is 0. The Hall–Kier alpha value is -3.46. The topological polar surface area (TPSA) is 142 Å². The summed E-state index contributed by atoms with van der Waals surface area (Å²) in [5.74, 6) is -2.50. The molecule has 0 radical (unpaired) electrons. The van der Waals surface area contributed by atoms with Crippen LogP contribution in [-0.4, -0.2) is 59.3 Å². The Balaban J connectivity index is 4.49. The van der Waals surface area contributed by atoms with Crippen molar-refractivity contribution in [3.05, 3.63) is 60.8 Å². The second-order valence-corrected chi connectivity index (χ2v) is 12.3. The van der Waals surface area contributed by atoms with Gasteiger partial charge in [0.25, 0.3) is 0 Å². The van der Waals surface area contributed by atoms with E-state index in [1.807, 2.05) is 12.2 Å². The number of nitrogens with one attached hydrogen (secondary N) is 2. The Morgan fingerprint density at radius 3 is 1.88 bits per heavy atom. The highest BCUT2D eigenvalue weighted by Gasteiger charge is 2.18. The Morgan fingerprint density at radius 1 is 0.653 bits per heavy atom. The SMILES string of the molecule is CC/C=C\C/C=C\C/C=C\C/C=C\CCC(=O)OC(/C=C\CCCCCCCCC)CCCCCCC(=O)NCC(=O)NC(CO)C(=O)O. The average molecular weight is 687 g/mol. The number of allylic oxidation sites excluding steroid dienone is 9. The highest BCUT2D eigenvalue weighted by Crippen LogP contribution is 2.14. The fourth-order valence-electron chi connectivity index (χ4n) is 4.87. The molecule has 0 aliphatic heterocycles. The molecule has 0 aliphatic carbocycles. The van der Waals surface area contributed by atoms with E-state index in [0.717, 1.165) is 64.2 Å². The number of carbonyl (C=O) groups is 4. The van der Waals surface area contributed by atoms with Gasteiger partial charge in [-0.3, -0.25) is 14.4 Å². The van der Waals surface area contributed by atoms with Gasteiger partial charge in [-0.15, -0.1) is 0 Å². The summed E-state index contributed by atoms with van der Waals surface area (Å²) in [6.07, 6.45) is 39.8. The van der Waals surface area contributed by atoms with Crippen LogP contribution in [0, 0.1) is 0 Å². The van der Waals surface area contributed by atoms with Gasteiger partial charge in [-0.2, -0.15) is 0 Å². The second kappa shape index (κ2) is 34.4. The van der Waals surface area contributed by atoms with Crippen LogP contribution in [0.3, 0.4) is 0 Å². The van der Waals surface area contributed by atoms with Crippen molar-refractivity contribution in [2.24, 2.45) is 0 Å². The highest BCUT2D eigenvalue weighted by molar-refractivity contribution is 5.87. The number of aliphatic hydroxyl groups excluding tert-OH is 1. The van der Waals surface area contributed by atoms with Gasteiger partial charge >= 0.3 is 11.9 Å². The summed E-state index contributed by atoms with van der Waals surface area (Å²) < 4.78 is 5.84. The summed E-state index contributed by atoms with van der Waals surface area (Å²) >= 11 is 0. The standard InChI is InChI=1S/C40H66N2O7/c1-3-5-7-9-11-13-14-15-16-18-20-22-28-32-39(46)49-35(29-25-21-19-17-12-10-8-6-4-2)30-26-23-24-27-31-37(44)41-33-38(45)42-36(34-43)40(47)48/h5,7,11,13,15-16,20,22,25,29,35-36,43H,3-4,6,8-10,12,14,17-19,21,23-24,26-28,30-34H2,1-2H3,(H,41,44)(H,42,45)(H,47,48)/b7-5-,13-11-,16-15-,22-20-,29-25-. The third-order valence-electron chi connectivity index (χ3n) is 7.75. The van der Waals surface area contributed by atoms with Crippen LogP contribution in [0.1, 0.15) is 142 Å². The third-order valence-corrected chi connectivity index (χ3v) is 7.75. The van der Waals surface area contributed by atoms with E-state index in [1.165, 1.54) is 38.5 Å². The lowest BCUT2D eigenvalue weighted by atomic mass is 10.1. The zero-order valence-electron chi connectivity index (χ0n) is 30.4. The predicted octanol–water partition coefficient (Wildman–Crippen LogP) is 8.20. The van der Waals surface area contributed by atoms with Gasteiger partial charge in [0.1, 0.15) is 12.1 Å². The lowest BCUT2D eigenvalue weighted by Gasteiger charge is -2.14. The first-order valence-corrected chi connectivity index (χ1v) is 18.7. The van der Waals surface area contributed by atoms with Crippen LogP contribution in [0.15, 0.2) is 60.8 Å². The first kappa shape index (κ1) is 45.5. The van der Waals surface area contributed by atoms with E-state index in [0.29, 0.717) is 19.3 Å². The van der Waals surface area contributed by atoms with Crippen molar-refractivity contribution in [2.75, 3.05) is 13.2 Å². The summed E-state index contributed by atoms with van der Waals surface area (Å²) in [6, 6.07) is -1.40. The van der Waals surface area contributed by atoms with Crippen molar-refractivity contribution in [3.63, 3.8) is 0 Å². The zero-order chi connectivity index (χ0) is 36.2. The first-order chi connectivity index (χ1) is 23.8. The highest BCUT2D eigenvalue weighted by atomic mass is 16.5. The van der Waals surface area contributed by atoms with Crippen molar-refractivity contribution in [1.82, 2.24) is 10.6 Å². The molecule has 0 spiro atoms. The van der Waals surface area contributed by atoms with Gasteiger partial charge in [0.05, 0.1) is 13.2 Å². The number of unbranched alkanes of at least 4 members (excludes halogenated alkanes) is 10. The van der Waals surface area contributed by atoms with Crippen molar-refractivity contribution >= 4 is 23.8 Å². The molecule has 0 saturated carbocycles. The molecule has 2 amide bonds. The average Bonchev–Trinajstić information content (AvgIpc) is 3.08. The van der Waals surface area contributed by atoms with Gasteiger partial charge in [0, 0.05) is 12.8 Å². The van der Waals surface area contributed by atoms with Crippen LogP contribution in [-0.2, 0) is 23.9 Å². The van der Waals surface area contributed by atoms with E-state index in [4.69, 9.17) is 14.9 Å². The predicted molar refractivity (Wildman–Crippen MR) is 199 cm³/mol. The molecule has 0 rings (SSSR count). The Morgan fingerprint density at radius 2 is 1.24 bits per heavy atom. The van der Waals surface area contributed by atoms with E-state index >= 15 is 0 Å². The lowest BCUT2D eigenvalue weighted by Crippen LogP contribution is -2.47. The number of amides is 2. The van der Waals surface area contributed by atoms with Crippen LogP contribution in [0.25, 0.3) is 0 Å². The van der Waals surface area contributed by atoms with Crippen molar-refractivity contribution in [1.29, 1.82) is 0 Å². The molecule has 0 aromatic carbocycles. The van der Waals surface area contributed by atoms with E-state index in [1.54, 1.807) is 0 Å². The zero-order valence-corrected chi connectivity index (χ0v) is 30.4. The molecule has 9 nitrogen and oxygen atoms in total. The van der Waals surface area contributed by atoms with Gasteiger partial charge in [-0.25, -0.2) is 4.79 Å². The maximum Gasteiger partial charge on any atom is 0.328 e. The van der Waals surface area contributed by atoms with Gasteiger partial charge in [0.2, 0.25) is 11.8 Å². The fourth-order valence-corrected chi connectivity index (χ4v) is 4.87. The molecular weight excluding hydrogens is 620 g/mol. The number of aliphatic carboxylic acids is 1. The number of hydrogen-bond acceptors (Lipinski definition) is 6. The van der Waals surface area contributed by atoms with Crippen LogP contribution < -0.4 is 10.6 Å². The number of rotatable bonds is 32.